The van der Waals surface area contributed by atoms with Crippen molar-refractivity contribution in [3.63, 3.8) is 0 Å². The first-order valence-electron chi connectivity index (χ1n) is 7.53. The smallest absolute Gasteiger partial charge is 0.287 e. The molecule has 5 heteroatoms. The van der Waals surface area contributed by atoms with Crippen LogP contribution in [0.5, 0.6) is 0 Å². The van der Waals surface area contributed by atoms with E-state index in [-0.39, 0.29) is 12.0 Å². The highest BCUT2D eigenvalue weighted by atomic mass is 31.2. The van der Waals surface area contributed by atoms with Crippen LogP contribution in [0.2, 0.25) is 0 Å². The quantitative estimate of drug-likeness (QED) is 0.699. The molecule has 0 aliphatic heterocycles. The molecule has 0 rings (SSSR count). The number of phosphoric ester groups is 1. The van der Waals surface area contributed by atoms with Gasteiger partial charge in [-0.25, -0.2) is 4.57 Å². The summed E-state index contributed by atoms with van der Waals surface area (Å²) < 4.78 is 63.7. The van der Waals surface area contributed by atoms with Gasteiger partial charge in [0, 0.05) is 4.11 Å². The molecule has 1 unspecified atom stereocenters. The topological polar surface area (TPSA) is 44.8 Å². The van der Waals surface area contributed by atoms with Crippen LogP contribution >= 0.6 is 7.82 Å². The third-order valence-electron chi connectivity index (χ3n) is 1.20. The summed E-state index contributed by atoms with van der Waals surface area (Å²) in [4.78, 5) is 0. The summed E-state index contributed by atoms with van der Waals surface area (Å²) in [7, 11) is -4.39. The second-order valence-corrected chi connectivity index (χ2v) is 7.20. The van der Waals surface area contributed by atoms with Crippen LogP contribution in [0.3, 0.4) is 0 Å². The molecule has 0 aliphatic carbocycles. The number of rotatable bonds is 5. The van der Waals surface area contributed by atoms with Crippen LogP contribution in [0.4, 0.5) is 0 Å². The maximum absolute atomic E-state index is 12.6. The third kappa shape index (κ3) is 8.28. The second-order valence-electron chi connectivity index (χ2n) is 5.68. The fraction of sp³-hybridized carbons (Fsp3) is 1.00. The molecule has 0 saturated heterocycles. The van der Waals surface area contributed by atoms with Gasteiger partial charge < -0.3 is 0 Å². The molecule has 0 aromatic heterocycles. The molecule has 0 amide bonds. The van der Waals surface area contributed by atoms with E-state index in [4.69, 9.17) is 15.9 Å². The Morgan fingerprint density at radius 3 is 2.31 bits per heavy atom. The summed E-state index contributed by atoms with van der Waals surface area (Å²) in [6, 6.07) is 0. The molecule has 0 heterocycles. The lowest BCUT2D eigenvalue weighted by Gasteiger charge is -2.28. The highest BCUT2D eigenvalue weighted by Gasteiger charge is 2.33. The molecule has 0 fully saturated rings. The first-order valence-corrected chi connectivity index (χ1v) is 6.49. The molecule has 0 radical (unpaired) electrons. The number of hydrogen-bond donors (Lipinski definition) is 0. The zero-order valence-corrected chi connectivity index (χ0v) is 11.7. The summed E-state index contributed by atoms with van der Waals surface area (Å²) in [6.07, 6.45) is 0. The van der Waals surface area contributed by atoms with Crippen molar-refractivity contribution in [2.24, 2.45) is 5.41 Å². The Bertz CT molecular complexity index is 395. The van der Waals surface area contributed by atoms with E-state index in [1.54, 1.807) is 20.8 Å². The Kier molecular flexibility index (Phi) is 3.20. The second kappa shape index (κ2) is 5.63. The molecule has 0 bridgehead atoms. The van der Waals surface area contributed by atoms with Crippen molar-refractivity contribution in [1.82, 2.24) is 0 Å². The highest BCUT2D eigenvalue weighted by Crippen LogP contribution is 2.53. The minimum Gasteiger partial charge on any atom is -0.287 e. The van der Waals surface area contributed by atoms with Crippen LogP contribution in [0.1, 0.15) is 55.2 Å². The Balaban J connectivity index is 5.29. The molecule has 0 spiro atoms. The standard InChI is InChI=1S/C11H25O4P/c1-8-13-16(12,15-11(5,6)7)14-9-10(2,3)4/h8-9H2,1-7H3/i1D2H,8T2. The molecular formula is C11H25O4P. The summed E-state index contributed by atoms with van der Waals surface area (Å²) >= 11 is 0. The normalized spacial score (nSPS) is 23.5. The molecule has 0 aromatic rings. The maximum atomic E-state index is 12.6. The Morgan fingerprint density at radius 1 is 1.38 bits per heavy atom. The monoisotopic (exact) mass is 258 g/mol. The van der Waals surface area contributed by atoms with Gasteiger partial charge in [0.1, 0.15) is 0 Å². The van der Waals surface area contributed by atoms with Crippen LogP contribution in [0, 0.1) is 5.41 Å². The van der Waals surface area contributed by atoms with Crippen molar-refractivity contribution < 1.29 is 25.0 Å². The van der Waals surface area contributed by atoms with Crippen molar-refractivity contribution in [3.05, 3.63) is 0 Å². The van der Waals surface area contributed by atoms with Gasteiger partial charge in [-0.3, -0.25) is 13.6 Å². The molecule has 0 aliphatic rings. The van der Waals surface area contributed by atoms with Gasteiger partial charge in [-0.1, -0.05) is 20.8 Å². The molecule has 98 valence electrons. The molecule has 0 N–H and O–H groups in total. The number of hydrogen-bond acceptors (Lipinski definition) is 4. The van der Waals surface area contributed by atoms with E-state index in [1.807, 2.05) is 20.8 Å². The van der Waals surface area contributed by atoms with Crippen LogP contribution in [0.25, 0.3) is 0 Å². The largest absolute Gasteiger partial charge is 0.475 e. The third-order valence-corrected chi connectivity index (χ3v) is 2.73. The van der Waals surface area contributed by atoms with E-state index in [9.17, 15) is 4.57 Å². The predicted octanol–water partition coefficient (Wildman–Crippen LogP) is 4.01. The van der Waals surface area contributed by atoms with Crippen molar-refractivity contribution >= 4 is 7.82 Å². The molecule has 4 nitrogen and oxygen atoms in total. The number of phosphoric acid groups is 1. The van der Waals surface area contributed by atoms with Gasteiger partial charge in [-0.2, -0.15) is 0 Å². The molecule has 1 atom stereocenters. The molecule has 0 saturated carbocycles. The Hall–Kier alpha value is 0.110. The van der Waals surface area contributed by atoms with E-state index < -0.39 is 26.8 Å². The van der Waals surface area contributed by atoms with E-state index in [0.717, 1.165) is 0 Å². The minimum absolute atomic E-state index is 0.0442. The van der Waals surface area contributed by atoms with Crippen molar-refractivity contribution in [1.29, 1.82) is 0 Å². The average Bonchev–Trinajstić information content (AvgIpc) is 2.07. The van der Waals surface area contributed by atoms with E-state index in [0.29, 0.717) is 0 Å². The summed E-state index contributed by atoms with van der Waals surface area (Å²) in [6.45, 7) is 3.86. The lowest BCUT2D eigenvalue weighted by atomic mass is 9.99. The van der Waals surface area contributed by atoms with Crippen LogP contribution in [0.15, 0.2) is 0 Å². The first-order chi connectivity index (χ1) is 8.87. The lowest BCUT2D eigenvalue weighted by Crippen LogP contribution is -2.21. The van der Waals surface area contributed by atoms with Crippen molar-refractivity contribution in [2.45, 2.75) is 54.0 Å². The maximum Gasteiger partial charge on any atom is 0.475 e. The van der Waals surface area contributed by atoms with Gasteiger partial charge in [0.2, 0.25) is 0 Å². The minimum atomic E-state index is -4.39. The predicted molar refractivity (Wildman–Crippen MR) is 65.5 cm³/mol. The van der Waals surface area contributed by atoms with Crippen LogP contribution in [-0.2, 0) is 18.1 Å². The zero-order chi connectivity index (χ0) is 17.3. The zero-order valence-electron chi connectivity index (χ0n) is 15.8. The van der Waals surface area contributed by atoms with Gasteiger partial charge in [0.05, 0.1) is 21.5 Å². The Morgan fingerprint density at radius 2 is 1.94 bits per heavy atom. The molecule has 16 heavy (non-hydrogen) atoms. The van der Waals surface area contributed by atoms with E-state index in [1.165, 1.54) is 0 Å². The van der Waals surface area contributed by atoms with Gasteiger partial charge >= 0.3 is 7.82 Å². The SMILES string of the molecule is [1H]C([2H])([2H])C([3H])([3H])OP(=O)(OCC(C)(C)C)OC(C)(C)C. The van der Waals surface area contributed by atoms with Crippen molar-refractivity contribution in [2.75, 3.05) is 13.2 Å². The van der Waals surface area contributed by atoms with Crippen LogP contribution in [-0.4, -0.2) is 18.8 Å². The Labute approximate surface area is 106 Å². The van der Waals surface area contributed by atoms with Gasteiger partial charge in [0.25, 0.3) is 0 Å². The summed E-state index contributed by atoms with van der Waals surface area (Å²) in [5, 5.41) is 0. The first kappa shape index (κ1) is 9.09. The molecular weight excluding hydrogens is 227 g/mol. The van der Waals surface area contributed by atoms with Gasteiger partial charge in [-0.15, -0.1) is 0 Å². The lowest BCUT2D eigenvalue weighted by molar-refractivity contribution is 0.0321. The molecule has 0 aromatic carbocycles. The fourth-order valence-electron chi connectivity index (χ4n) is 0.735. The van der Waals surface area contributed by atoms with E-state index in [2.05, 4.69) is 4.52 Å². The summed E-state index contributed by atoms with van der Waals surface area (Å²) in [5.41, 5.74) is -1.34. The average molecular weight is 258 g/mol. The fourth-order valence-corrected chi connectivity index (χ4v) is 2.21. The summed E-state index contributed by atoms with van der Waals surface area (Å²) in [5.74, 6) is 0. The highest BCUT2D eigenvalue weighted by molar-refractivity contribution is 7.48. The van der Waals surface area contributed by atoms with Gasteiger partial charge in [-0.05, 0) is 33.0 Å². The van der Waals surface area contributed by atoms with Crippen molar-refractivity contribution in [3.8, 4) is 0 Å². The van der Waals surface area contributed by atoms with Crippen LogP contribution < -0.4 is 0 Å². The van der Waals surface area contributed by atoms with Gasteiger partial charge in [0.15, 0.2) is 0 Å². The van der Waals surface area contributed by atoms with E-state index >= 15 is 0 Å².